The second-order valence-electron chi connectivity index (χ2n) is 18.5. The van der Waals surface area contributed by atoms with Crippen LogP contribution >= 0.6 is 11.8 Å². The number of nitrogens with zero attached hydrogens (tertiary/aromatic N) is 5. The van der Waals surface area contributed by atoms with Crippen LogP contribution in [0.4, 0.5) is 0 Å². The van der Waals surface area contributed by atoms with Crippen LogP contribution in [0.1, 0.15) is 108 Å². The molecule has 0 saturated heterocycles. The molecule has 2 aromatic rings. The first-order chi connectivity index (χ1) is 29.6. The van der Waals surface area contributed by atoms with E-state index < -0.39 is 55.4 Å². The first kappa shape index (κ1) is 53.1. The highest BCUT2D eigenvalue weighted by Crippen LogP contribution is 2.38. The van der Waals surface area contributed by atoms with Gasteiger partial charge in [0, 0.05) is 31.4 Å². The van der Waals surface area contributed by atoms with Crippen molar-refractivity contribution < 1.29 is 37.8 Å². The number of aliphatic imine (C=N–C) groups is 1. The molecule has 0 fully saturated rings. The van der Waals surface area contributed by atoms with Gasteiger partial charge in [-0.2, -0.15) is 0 Å². The van der Waals surface area contributed by atoms with Gasteiger partial charge in [-0.3, -0.25) is 19.4 Å². The Bertz CT molecular complexity index is 1870. The summed E-state index contributed by atoms with van der Waals surface area (Å²) in [5.41, 5.74) is 6.50. The number of ether oxygens (including phenoxy) is 3. The van der Waals surface area contributed by atoms with Gasteiger partial charge >= 0.3 is 11.9 Å². The number of esters is 2. The van der Waals surface area contributed by atoms with Gasteiger partial charge in [-0.15, -0.1) is 11.8 Å². The minimum Gasteiger partial charge on any atom is -0.467 e. The molecule has 2 amide bonds. The van der Waals surface area contributed by atoms with Gasteiger partial charge in [0.15, 0.2) is 0 Å². The molecule has 14 nitrogen and oxygen atoms in total. The second-order valence-corrected chi connectivity index (χ2v) is 23.8. The molecule has 0 spiro atoms. The van der Waals surface area contributed by atoms with Crippen LogP contribution in [0.15, 0.2) is 70.8 Å². The van der Waals surface area contributed by atoms with Gasteiger partial charge in [-0.25, -0.2) is 4.79 Å². The average molecular weight is 909 g/mol. The van der Waals surface area contributed by atoms with Gasteiger partial charge in [0.05, 0.1) is 29.7 Å². The lowest BCUT2D eigenvalue weighted by Crippen LogP contribution is -2.66. The van der Waals surface area contributed by atoms with Crippen molar-refractivity contribution >= 4 is 59.2 Å². The van der Waals surface area contributed by atoms with E-state index in [2.05, 4.69) is 67.3 Å². The van der Waals surface area contributed by atoms with Crippen LogP contribution in [-0.4, -0.2) is 112 Å². The molecule has 16 heteroatoms. The van der Waals surface area contributed by atoms with Crippen LogP contribution < -0.4 is 15.7 Å². The second kappa shape index (κ2) is 23.6. The third kappa shape index (κ3) is 13.2. The van der Waals surface area contributed by atoms with Crippen LogP contribution in [0.2, 0.25) is 5.04 Å². The van der Waals surface area contributed by atoms with Gasteiger partial charge in [-0.05, 0) is 93.6 Å². The number of azide groups is 1. The van der Waals surface area contributed by atoms with E-state index in [1.54, 1.807) is 41.9 Å². The molecule has 1 aliphatic rings. The molecule has 1 heterocycles. The van der Waals surface area contributed by atoms with Gasteiger partial charge < -0.3 is 28.9 Å². The first-order valence-corrected chi connectivity index (χ1v) is 25.0. The zero-order valence-electron chi connectivity index (χ0n) is 39.8. The third-order valence-electron chi connectivity index (χ3n) is 12.2. The van der Waals surface area contributed by atoms with Crippen molar-refractivity contribution in [3.8, 4) is 0 Å². The smallest absolute Gasteiger partial charge is 0.328 e. The molecule has 3 rings (SSSR count). The summed E-state index contributed by atoms with van der Waals surface area (Å²) in [5, 5.41) is 9.21. The van der Waals surface area contributed by atoms with Crippen LogP contribution in [0.5, 0.6) is 0 Å². The molecule has 0 unspecified atom stereocenters. The van der Waals surface area contributed by atoms with Crippen LogP contribution in [-0.2, 0) is 37.8 Å². The molecule has 0 aromatic heterocycles. The summed E-state index contributed by atoms with van der Waals surface area (Å²) in [6, 6.07) is 18.1. The van der Waals surface area contributed by atoms with E-state index in [0.29, 0.717) is 43.1 Å². The lowest BCUT2D eigenvalue weighted by molar-refractivity contribution is -0.165. The molecular formula is C47H72N6O8SSi. The van der Waals surface area contributed by atoms with Crippen molar-refractivity contribution in [2.24, 2.45) is 21.4 Å². The Morgan fingerprint density at radius 3 is 2.03 bits per heavy atom. The summed E-state index contributed by atoms with van der Waals surface area (Å²) in [5.74, 6) is -1.93. The zero-order chi connectivity index (χ0) is 47.2. The van der Waals surface area contributed by atoms with Gasteiger partial charge in [0.25, 0.3) is 14.2 Å². The van der Waals surface area contributed by atoms with Gasteiger partial charge in [0.1, 0.15) is 23.7 Å². The van der Waals surface area contributed by atoms with E-state index in [1.807, 2.05) is 43.3 Å². The predicted octanol–water partition coefficient (Wildman–Crippen LogP) is 7.62. The normalized spacial score (nSPS) is 18.4. The number of amides is 2. The maximum Gasteiger partial charge on any atom is 0.328 e. The molecule has 1 N–H and O–H groups in total. The van der Waals surface area contributed by atoms with Crippen molar-refractivity contribution in [3.05, 3.63) is 71.1 Å². The molecule has 0 bridgehead atoms. The number of nitrogens with one attached hydrogen (secondary N) is 1. The Hall–Kier alpha value is -4.21. The molecule has 0 saturated carbocycles. The molecule has 2 aromatic carbocycles. The lowest BCUT2D eigenvalue weighted by atomic mass is 9.77. The maximum atomic E-state index is 14.3. The third-order valence-corrected chi connectivity index (χ3v) is 18.7. The molecule has 0 aliphatic carbocycles. The Morgan fingerprint density at radius 2 is 1.52 bits per heavy atom. The fourth-order valence-electron chi connectivity index (χ4n) is 8.44. The number of hydrogen-bond donors (Lipinski definition) is 1. The number of carbonyl (C=O) groups excluding carboxylic acids is 4. The van der Waals surface area contributed by atoms with E-state index in [-0.39, 0.29) is 28.9 Å². The van der Waals surface area contributed by atoms with Gasteiger partial charge in [-0.1, -0.05) is 107 Å². The van der Waals surface area contributed by atoms with E-state index in [9.17, 15) is 19.2 Å². The monoisotopic (exact) mass is 908 g/mol. The standard InChI is InChI=1S/C47H72N6O8SSi/c1-14-22-35(58-12)29-28-32(2)39(61-41(54)34(4)51-52-48)46(8,9)43(56)49-33(3)40-50-47(10,31-62-40)44(57)53(11)38(42(55)59-13)27-21-30-60-63(45(5,6)7,36-23-17-15-18-24-36)37-25-19-16-20-26-37/h15-20,23-26,32-35,38-39H,14,21-22,27-31H2,1-13H3,(H,49,56)/t32-,33+,34+,35+,38+,39+,47+/m1/s1. The highest BCUT2D eigenvalue weighted by Gasteiger charge is 2.51. The predicted molar refractivity (Wildman–Crippen MR) is 254 cm³/mol. The zero-order valence-corrected chi connectivity index (χ0v) is 41.6. The van der Waals surface area contributed by atoms with E-state index in [0.717, 1.165) is 23.2 Å². The maximum absolute atomic E-state index is 14.3. The number of rotatable bonds is 24. The number of benzene rings is 2. The Kier molecular flexibility index (Phi) is 19.9. The fraction of sp³-hybridized carbons (Fsp3) is 0.638. The summed E-state index contributed by atoms with van der Waals surface area (Å²) in [6.07, 6.45) is 3.12. The lowest BCUT2D eigenvalue weighted by Gasteiger charge is -2.43. The quantitative estimate of drug-likeness (QED) is 0.0277. The van der Waals surface area contributed by atoms with Crippen molar-refractivity contribution in [1.29, 1.82) is 0 Å². The minimum atomic E-state index is -2.81. The van der Waals surface area contributed by atoms with Crippen LogP contribution in [0.3, 0.4) is 0 Å². The van der Waals surface area contributed by atoms with Crippen molar-refractivity contribution in [3.63, 3.8) is 0 Å². The Labute approximate surface area is 380 Å². The summed E-state index contributed by atoms with van der Waals surface area (Å²) < 4.78 is 23.9. The summed E-state index contributed by atoms with van der Waals surface area (Å²) >= 11 is 1.37. The highest BCUT2D eigenvalue weighted by molar-refractivity contribution is 8.14. The molecule has 348 valence electrons. The van der Waals surface area contributed by atoms with Crippen molar-refractivity contribution in [2.45, 2.75) is 149 Å². The number of likely N-dealkylation sites (N-methyl/N-ethyl adjacent to an activating group) is 1. The minimum absolute atomic E-state index is 0.0262. The van der Waals surface area contributed by atoms with Crippen LogP contribution in [0.25, 0.3) is 10.4 Å². The largest absolute Gasteiger partial charge is 0.467 e. The summed E-state index contributed by atoms with van der Waals surface area (Å²) in [4.78, 5) is 63.9. The summed E-state index contributed by atoms with van der Waals surface area (Å²) in [6.45, 7) is 19.4. The molecular weight excluding hydrogens is 837 g/mol. The van der Waals surface area contributed by atoms with Crippen molar-refractivity contribution in [1.82, 2.24) is 10.2 Å². The number of methoxy groups -OCH3 is 2. The SMILES string of the molecule is CCC[C@@H](CC[C@@H](C)[C@H](OC(=O)[C@H](C)N=[N+]=[N-])C(C)(C)C(=O)N[C@@H](C)C1=N[C@](C)(C(=O)N(C)[C@@H](CCCO[Si](c2ccccc2)(c2ccccc2)C(C)(C)C)C(=O)OC)CS1)OC. The molecule has 63 heavy (non-hydrogen) atoms. The van der Waals surface area contributed by atoms with Crippen molar-refractivity contribution in [2.75, 3.05) is 33.6 Å². The average Bonchev–Trinajstić information content (AvgIpc) is 3.67. The molecule has 7 atom stereocenters. The molecule has 1 aliphatic heterocycles. The number of thioether (sulfide) groups is 1. The molecule has 0 radical (unpaired) electrons. The number of hydrogen-bond acceptors (Lipinski definition) is 11. The highest BCUT2D eigenvalue weighted by atomic mass is 32.2. The van der Waals surface area contributed by atoms with E-state index in [4.69, 9.17) is 29.2 Å². The van der Waals surface area contributed by atoms with E-state index >= 15 is 0 Å². The fourth-order valence-corrected chi connectivity index (χ4v) is 14.2. The van der Waals surface area contributed by atoms with Crippen LogP contribution in [0, 0.1) is 11.3 Å². The Morgan fingerprint density at radius 1 is 0.937 bits per heavy atom. The Balaban J connectivity index is 1.79. The summed E-state index contributed by atoms with van der Waals surface area (Å²) in [7, 11) is 1.79. The first-order valence-electron chi connectivity index (χ1n) is 22.1. The number of carbonyl (C=O) groups is 4. The topological polar surface area (TPSA) is 182 Å². The van der Waals surface area contributed by atoms with E-state index in [1.165, 1.54) is 30.7 Å². The van der Waals surface area contributed by atoms with Gasteiger partial charge in [0.2, 0.25) is 5.91 Å².